The molecule has 8 heteroatoms. The van der Waals surface area contributed by atoms with Gasteiger partial charge < -0.3 is 15.2 Å². The smallest absolute Gasteiger partial charge is 0.356 e. The second-order valence-corrected chi connectivity index (χ2v) is 6.40. The Hall–Kier alpha value is -3.29. The number of nitrogens with one attached hydrogen (secondary N) is 2. The Kier molecular flexibility index (Phi) is 6.54. The van der Waals surface area contributed by atoms with Gasteiger partial charge in [-0.1, -0.05) is 30.3 Å². The van der Waals surface area contributed by atoms with Gasteiger partial charge in [-0.3, -0.25) is 4.99 Å². The van der Waals surface area contributed by atoms with Gasteiger partial charge in [0.15, 0.2) is 5.96 Å². The molecule has 0 fully saturated rings. The standard InChI is InChI=1S/C21H22F3N5/c1-25-20(27-11-10-16-6-8-18(9-7-16)21(22,23)24)28-14-17-4-2-3-5-19(17)29-13-12-26-15-29/h2-9,12-13,15H,10-11,14H2,1H3,(H2,25,27,28). The first kappa shape index (κ1) is 20.4. The molecule has 0 atom stereocenters. The van der Waals surface area contributed by atoms with E-state index in [1.54, 1.807) is 19.6 Å². The number of nitrogens with zero attached hydrogens (tertiary/aromatic N) is 3. The molecule has 152 valence electrons. The number of hydrogen-bond donors (Lipinski definition) is 2. The maximum Gasteiger partial charge on any atom is 0.416 e. The van der Waals surface area contributed by atoms with Gasteiger partial charge in [-0.2, -0.15) is 13.2 Å². The first-order valence-corrected chi connectivity index (χ1v) is 9.14. The Labute approximate surface area is 167 Å². The van der Waals surface area contributed by atoms with Gasteiger partial charge in [0.25, 0.3) is 0 Å². The second-order valence-electron chi connectivity index (χ2n) is 6.40. The van der Waals surface area contributed by atoms with Crippen LogP contribution in [0, 0.1) is 0 Å². The SMILES string of the molecule is CN=C(NCCc1ccc(C(F)(F)F)cc1)NCc1ccccc1-n1ccnc1. The van der Waals surface area contributed by atoms with Crippen molar-refractivity contribution < 1.29 is 13.2 Å². The normalized spacial score (nSPS) is 12.1. The maximum absolute atomic E-state index is 12.6. The molecule has 0 spiro atoms. The zero-order chi connectivity index (χ0) is 20.7. The maximum atomic E-state index is 12.6. The van der Waals surface area contributed by atoms with Crippen molar-refractivity contribution in [2.75, 3.05) is 13.6 Å². The third-order valence-electron chi connectivity index (χ3n) is 4.43. The van der Waals surface area contributed by atoms with Gasteiger partial charge in [0, 0.05) is 32.5 Å². The lowest BCUT2D eigenvalue weighted by Crippen LogP contribution is -2.38. The van der Waals surface area contributed by atoms with Crippen LogP contribution >= 0.6 is 0 Å². The molecule has 3 aromatic rings. The number of para-hydroxylation sites is 1. The fraction of sp³-hybridized carbons (Fsp3) is 0.238. The Balaban J connectivity index is 1.52. The highest BCUT2D eigenvalue weighted by molar-refractivity contribution is 5.79. The van der Waals surface area contributed by atoms with Gasteiger partial charge in [0.2, 0.25) is 0 Å². The van der Waals surface area contributed by atoms with Crippen LogP contribution in [-0.2, 0) is 19.1 Å². The highest BCUT2D eigenvalue weighted by atomic mass is 19.4. The molecule has 0 amide bonds. The van der Waals surface area contributed by atoms with Gasteiger partial charge in [0.05, 0.1) is 17.6 Å². The topological polar surface area (TPSA) is 54.2 Å². The summed E-state index contributed by atoms with van der Waals surface area (Å²) >= 11 is 0. The molecular formula is C21H22F3N5. The second kappa shape index (κ2) is 9.27. The molecule has 0 radical (unpaired) electrons. The molecule has 0 aliphatic carbocycles. The van der Waals surface area contributed by atoms with E-state index in [-0.39, 0.29) is 0 Å². The minimum Gasteiger partial charge on any atom is -0.356 e. The molecule has 2 N–H and O–H groups in total. The summed E-state index contributed by atoms with van der Waals surface area (Å²) in [6, 6.07) is 13.2. The van der Waals surface area contributed by atoms with Crippen LogP contribution in [0.1, 0.15) is 16.7 Å². The van der Waals surface area contributed by atoms with E-state index in [1.165, 1.54) is 12.1 Å². The van der Waals surface area contributed by atoms with E-state index >= 15 is 0 Å². The third kappa shape index (κ3) is 5.60. The highest BCUT2D eigenvalue weighted by Crippen LogP contribution is 2.29. The fourth-order valence-corrected chi connectivity index (χ4v) is 2.90. The Morgan fingerprint density at radius 2 is 1.83 bits per heavy atom. The Morgan fingerprint density at radius 3 is 2.48 bits per heavy atom. The van der Waals surface area contributed by atoms with Crippen molar-refractivity contribution in [3.63, 3.8) is 0 Å². The molecule has 0 saturated carbocycles. The van der Waals surface area contributed by atoms with Crippen molar-refractivity contribution >= 4 is 5.96 Å². The van der Waals surface area contributed by atoms with Crippen LogP contribution in [0.3, 0.4) is 0 Å². The van der Waals surface area contributed by atoms with E-state index in [9.17, 15) is 13.2 Å². The number of aromatic nitrogens is 2. The third-order valence-corrected chi connectivity index (χ3v) is 4.43. The lowest BCUT2D eigenvalue weighted by atomic mass is 10.1. The van der Waals surface area contributed by atoms with E-state index in [2.05, 4.69) is 20.6 Å². The summed E-state index contributed by atoms with van der Waals surface area (Å²) in [5.74, 6) is 0.623. The summed E-state index contributed by atoms with van der Waals surface area (Å²) in [6.45, 7) is 1.11. The zero-order valence-corrected chi connectivity index (χ0v) is 15.9. The summed E-state index contributed by atoms with van der Waals surface area (Å²) in [6.07, 6.45) is 1.64. The molecule has 1 heterocycles. The molecule has 5 nitrogen and oxygen atoms in total. The average Bonchev–Trinajstić information content (AvgIpc) is 3.25. The van der Waals surface area contributed by atoms with Gasteiger partial charge in [-0.25, -0.2) is 4.98 Å². The monoisotopic (exact) mass is 401 g/mol. The van der Waals surface area contributed by atoms with E-state index in [0.717, 1.165) is 28.9 Å². The number of hydrogen-bond acceptors (Lipinski definition) is 2. The quantitative estimate of drug-likeness (QED) is 0.488. The van der Waals surface area contributed by atoms with Crippen molar-refractivity contribution in [1.82, 2.24) is 20.2 Å². The van der Waals surface area contributed by atoms with Crippen LogP contribution in [0.4, 0.5) is 13.2 Å². The molecule has 0 aliphatic heterocycles. The first-order chi connectivity index (χ1) is 14.0. The van der Waals surface area contributed by atoms with Crippen LogP contribution in [0.15, 0.2) is 72.2 Å². The lowest BCUT2D eigenvalue weighted by molar-refractivity contribution is -0.137. The van der Waals surface area contributed by atoms with Crippen LogP contribution in [0.5, 0.6) is 0 Å². The summed E-state index contributed by atoms with van der Waals surface area (Å²) in [7, 11) is 1.68. The van der Waals surface area contributed by atoms with Crippen molar-refractivity contribution in [3.05, 3.63) is 83.9 Å². The number of benzene rings is 2. The molecule has 0 bridgehead atoms. The number of imidazole rings is 1. The van der Waals surface area contributed by atoms with Crippen molar-refractivity contribution in [1.29, 1.82) is 0 Å². The molecule has 0 unspecified atom stereocenters. The fourth-order valence-electron chi connectivity index (χ4n) is 2.90. The Morgan fingerprint density at radius 1 is 1.07 bits per heavy atom. The summed E-state index contributed by atoms with van der Waals surface area (Å²) in [5, 5.41) is 6.44. The molecule has 3 rings (SSSR count). The number of alkyl halides is 3. The van der Waals surface area contributed by atoms with Gasteiger partial charge in [-0.15, -0.1) is 0 Å². The van der Waals surface area contributed by atoms with E-state index in [0.29, 0.717) is 25.5 Å². The summed E-state index contributed by atoms with van der Waals surface area (Å²) in [5.41, 5.74) is 2.29. The minimum atomic E-state index is -4.31. The number of guanidine groups is 1. The van der Waals surface area contributed by atoms with Gasteiger partial charge in [0.1, 0.15) is 0 Å². The number of rotatable bonds is 6. The molecule has 2 aromatic carbocycles. The van der Waals surface area contributed by atoms with Crippen LogP contribution < -0.4 is 10.6 Å². The minimum absolute atomic E-state index is 0.550. The van der Waals surface area contributed by atoms with E-state index in [4.69, 9.17) is 0 Å². The average molecular weight is 401 g/mol. The van der Waals surface area contributed by atoms with Crippen molar-refractivity contribution in [2.24, 2.45) is 4.99 Å². The number of aliphatic imine (C=N–C) groups is 1. The summed E-state index contributed by atoms with van der Waals surface area (Å²) < 4.78 is 39.8. The van der Waals surface area contributed by atoms with Gasteiger partial charge in [-0.05, 0) is 35.7 Å². The van der Waals surface area contributed by atoms with Crippen LogP contribution in [0.2, 0.25) is 0 Å². The molecule has 1 aromatic heterocycles. The van der Waals surface area contributed by atoms with E-state index in [1.807, 2.05) is 35.0 Å². The molecule has 0 saturated heterocycles. The van der Waals surface area contributed by atoms with Crippen molar-refractivity contribution in [3.8, 4) is 5.69 Å². The largest absolute Gasteiger partial charge is 0.416 e. The molecule has 0 aliphatic rings. The summed E-state index contributed by atoms with van der Waals surface area (Å²) in [4.78, 5) is 8.28. The van der Waals surface area contributed by atoms with Gasteiger partial charge >= 0.3 is 6.18 Å². The van der Waals surface area contributed by atoms with Crippen molar-refractivity contribution in [2.45, 2.75) is 19.1 Å². The van der Waals surface area contributed by atoms with Crippen LogP contribution in [-0.4, -0.2) is 29.1 Å². The number of halogens is 3. The van der Waals surface area contributed by atoms with Crippen LogP contribution in [0.25, 0.3) is 5.69 Å². The molecule has 29 heavy (non-hydrogen) atoms. The predicted octanol–water partition coefficient (Wildman–Crippen LogP) is 3.80. The Bertz CT molecular complexity index is 932. The first-order valence-electron chi connectivity index (χ1n) is 9.14. The predicted molar refractivity (Wildman–Crippen MR) is 107 cm³/mol. The lowest BCUT2D eigenvalue weighted by Gasteiger charge is -2.15. The molecular weight excluding hydrogens is 379 g/mol. The van der Waals surface area contributed by atoms with E-state index < -0.39 is 11.7 Å². The zero-order valence-electron chi connectivity index (χ0n) is 15.9. The highest BCUT2D eigenvalue weighted by Gasteiger charge is 2.29.